The van der Waals surface area contributed by atoms with Crippen LogP contribution >= 0.6 is 0 Å². The fourth-order valence-corrected chi connectivity index (χ4v) is 3.57. The Morgan fingerprint density at radius 2 is 1.71 bits per heavy atom. The molecule has 0 saturated heterocycles. The lowest BCUT2D eigenvalue weighted by Gasteiger charge is -2.34. The van der Waals surface area contributed by atoms with E-state index in [1.807, 2.05) is 42.5 Å². The van der Waals surface area contributed by atoms with Gasteiger partial charge < -0.3 is 24.3 Å². The first-order valence-corrected chi connectivity index (χ1v) is 11.4. The Morgan fingerprint density at radius 1 is 0.971 bits per heavy atom. The summed E-state index contributed by atoms with van der Waals surface area (Å²) in [4.78, 5) is 25.4. The van der Waals surface area contributed by atoms with Gasteiger partial charge >= 0.3 is 5.97 Å². The predicted molar refractivity (Wildman–Crippen MR) is 128 cm³/mol. The molecule has 180 valence electrons. The van der Waals surface area contributed by atoms with Crippen LogP contribution in [-0.2, 0) is 11.3 Å². The topological polar surface area (TPSA) is 100 Å². The number of hydrogen-bond acceptors (Lipinski definition) is 5. The van der Waals surface area contributed by atoms with Crippen LogP contribution in [0.4, 0.5) is 0 Å². The van der Waals surface area contributed by atoms with Gasteiger partial charge in [-0.3, -0.25) is 9.59 Å². The van der Waals surface area contributed by atoms with Gasteiger partial charge in [0.25, 0.3) is 5.91 Å². The van der Waals surface area contributed by atoms with Gasteiger partial charge in [-0.05, 0) is 63.4 Å². The van der Waals surface area contributed by atoms with Crippen LogP contribution < -0.4 is 4.74 Å². The fourth-order valence-electron chi connectivity index (χ4n) is 3.57. The molecule has 2 aromatic carbocycles. The maximum atomic E-state index is 13.3. The first-order valence-electron chi connectivity index (χ1n) is 11.4. The van der Waals surface area contributed by atoms with E-state index in [-0.39, 0.29) is 18.9 Å². The molecule has 0 atom stereocenters. The highest BCUT2D eigenvalue weighted by atomic mass is 16.5. The van der Waals surface area contributed by atoms with E-state index in [2.05, 4.69) is 0 Å². The molecule has 0 aliphatic carbocycles. The number of nitrogens with zero attached hydrogens (tertiary/aromatic N) is 1. The number of furan rings is 1. The molecular weight excluding hydrogens is 434 g/mol. The average molecular weight is 466 g/mol. The second-order valence-corrected chi connectivity index (χ2v) is 8.60. The highest BCUT2D eigenvalue weighted by Crippen LogP contribution is 2.26. The number of para-hydroxylation sites is 1. The van der Waals surface area contributed by atoms with Crippen LogP contribution in [0.15, 0.2) is 71.3 Å². The third kappa shape index (κ3) is 6.96. The summed E-state index contributed by atoms with van der Waals surface area (Å²) in [5, 5.41) is 19.5. The van der Waals surface area contributed by atoms with E-state index in [4.69, 9.17) is 14.3 Å². The van der Waals surface area contributed by atoms with Gasteiger partial charge in [0.05, 0.1) is 19.4 Å². The molecule has 0 spiro atoms. The summed E-state index contributed by atoms with van der Waals surface area (Å²) >= 11 is 0. The molecule has 2 N–H and O–H groups in total. The average Bonchev–Trinajstić information content (AvgIpc) is 3.34. The predicted octanol–water partition coefficient (Wildman–Crippen LogP) is 5.34. The molecule has 7 nitrogen and oxygen atoms in total. The molecule has 1 amide bonds. The summed E-state index contributed by atoms with van der Waals surface area (Å²) < 4.78 is 11.3. The van der Waals surface area contributed by atoms with Crippen molar-refractivity contribution in [3.8, 4) is 17.1 Å². The van der Waals surface area contributed by atoms with Crippen molar-refractivity contribution in [2.75, 3.05) is 6.61 Å². The Hall–Kier alpha value is -3.58. The molecule has 0 radical (unpaired) electrons. The lowest BCUT2D eigenvalue weighted by Crippen LogP contribution is -2.47. The monoisotopic (exact) mass is 465 g/mol. The van der Waals surface area contributed by atoms with E-state index in [9.17, 15) is 14.7 Å². The summed E-state index contributed by atoms with van der Waals surface area (Å²) in [6.07, 6.45) is 3.86. The number of carbonyl (C=O) groups excluding carboxylic acids is 1. The Kier molecular flexibility index (Phi) is 8.49. The van der Waals surface area contributed by atoms with Gasteiger partial charge in [-0.25, -0.2) is 0 Å². The number of aliphatic carboxylic acids is 1. The second kappa shape index (κ2) is 11.5. The molecule has 3 aromatic rings. The molecule has 3 rings (SSSR count). The first-order chi connectivity index (χ1) is 16.3. The number of carbonyl (C=O) groups is 2. The van der Waals surface area contributed by atoms with Crippen LogP contribution in [0, 0.1) is 0 Å². The third-order valence-electron chi connectivity index (χ3n) is 5.44. The van der Waals surface area contributed by atoms with Crippen LogP contribution in [0.2, 0.25) is 0 Å². The molecule has 0 bridgehead atoms. The standard InChI is InChI=1S/C27H31NO6/c1-27(2,32)28(26(31)21-15-13-20(14-16-21)23-11-8-18-34-23)19-22-9-5-6-10-24(22)33-17-7-3-4-12-25(29)30/h5-6,8-11,13-16,18,32H,3-4,7,12,17,19H2,1-2H3,(H,29,30). The molecule has 1 aromatic heterocycles. The van der Waals surface area contributed by atoms with Crippen LogP contribution in [-0.4, -0.2) is 39.3 Å². The van der Waals surface area contributed by atoms with Crippen molar-refractivity contribution in [2.45, 2.75) is 51.8 Å². The fraction of sp³-hybridized carbons (Fsp3) is 0.333. The summed E-state index contributed by atoms with van der Waals surface area (Å²) in [5.74, 6) is 0.253. The van der Waals surface area contributed by atoms with Gasteiger partial charge in [0.2, 0.25) is 0 Å². The molecule has 0 aliphatic rings. The van der Waals surface area contributed by atoms with Gasteiger partial charge in [0.15, 0.2) is 0 Å². The molecule has 7 heteroatoms. The summed E-state index contributed by atoms with van der Waals surface area (Å²) in [5.41, 5.74) is 0.684. The van der Waals surface area contributed by atoms with Crippen molar-refractivity contribution in [1.29, 1.82) is 0 Å². The van der Waals surface area contributed by atoms with Crippen LogP contribution in [0.25, 0.3) is 11.3 Å². The zero-order valence-corrected chi connectivity index (χ0v) is 19.6. The molecule has 1 heterocycles. The second-order valence-electron chi connectivity index (χ2n) is 8.60. The van der Waals surface area contributed by atoms with Gasteiger partial charge in [0.1, 0.15) is 17.2 Å². The van der Waals surface area contributed by atoms with Gasteiger partial charge in [-0.1, -0.05) is 30.3 Å². The lowest BCUT2D eigenvalue weighted by molar-refractivity contribution is -0.137. The number of rotatable bonds is 12. The molecule has 34 heavy (non-hydrogen) atoms. The number of benzene rings is 2. The first kappa shape index (κ1) is 25.1. The van der Waals surface area contributed by atoms with Crippen molar-refractivity contribution in [3.63, 3.8) is 0 Å². The Morgan fingerprint density at radius 3 is 2.35 bits per heavy atom. The van der Waals surface area contributed by atoms with Crippen molar-refractivity contribution in [3.05, 3.63) is 78.1 Å². The summed E-state index contributed by atoms with van der Waals surface area (Å²) in [7, 11) is 0. The minimum atomic E-state index is -1.40. The van der Waals surface area contributed by atoms with E-state index in [1.165, 1.54) is 4.90 Å². The highest BCUT2D eigenvalue weighted by Gasteiger charge is 2.30. The van der Waals surface area contributed by atoms with Crippen LogP contribution in [0.1, 0.15) is 55.5 Å². The van der Waals surface area contributed by atoms with Crippen LogP contribution in [0.3, 0.4) is 0 Å². The minimum Gasteiger partial charge on any atom is -0.493 e. The number of carboxylic acid groups (broad SMARTS) is 1. The maximum absolute atomic E-state index is 13.3. The Balaban J connectivity index is 1.69. The van der Waals surface area contributed by atoms with Crippen molar-refractivity contribution < 1.29 is 29.0 Å². The molecular formula is C27H31NO6. The SMILES string of the molecule is CC(C)(O)N(Cc1ccccc1OCCCCCC(=O)O)C(=O)c1ccc(-c2ccco2)cc1. The Bertz CT molecular complexity index is 1070. The van der Waals surface area contributed by atoms with Crippen LogP contribution in [0.5, 0.6) is 5.75 Å². The zero-order valence-electron chi connectivity index (χ0n) is 19.6. The zero-order chi connectivity index (χ0) is 24.6. The van der Waals surface area contributed by atoms with Crippen molar-refractivity contribution >= 4 is 11.9 Å². The molecule has 0 fully saturated rings. The van der Waals surface area contributed by atoms with E-state index >= 15 is 0 Å². The number of aliphatic hydroxyl groups is 1. The van der Waals surface area contributed by atoms with E-state index in [1.54, 1.807) is 38.3 Å². The van der Waals surface area contributed by atoms with E-state index in [0.29, 0.717) is 30.1 Å². The van der Waals surface area contributed by atoms with Gasteiger partial charge in [-0.15, -0.1) is 0 Å². The summed E-state index contributed by atoms with van der Waals surface area (Å²) in [6, 6.07) is 18.1. The van der Waals surface area contributed by atoms with Gasteiger partial charge in [-0.2, -0.15) is 0 Å². The largest absolute Gasteiger partial charge is 0.493 e. The number of carboxylic acids is 1. The number of ether oxygens (including phenoxy) is 1. The smallest absolute Gasteiger partial charge is 0.303 e. The van der Waals surface area contributed by atoms with E-state index < -0.39 is 11.7 Å². The van der Waals surface area contributed by atoms with Crippen molar-refractivity contribution in [2.24, 2.45) is 0 Å². The summed E-state index contributed by atoms with van der Waals surface area (Å²) in [6.45, 7) is 3.76. The molecule has 0 unspecified atom stereocenters. The minimum absolute atomic E-state index is 0.154. The van der Waals surface area contributed by atoms with Crippen molar-refractivity contribution in [1.82, 2.24) is 4.90 Å². The number of unbranched alkanes of at least 4 members (excludes halogenated alkanes) is 2. The quantitative estimate of drug-likeness (QED) is 0.277. The van der Waals surface area contributed by atoms with Gasteiger partial charge in [0, 0.05) is 23.1 Å². The van der Waals surface area contributed by atoms with E-state index in [0.717, 1.165) is 24.0 Å². The number of amides is 1. The normalized spacial score (nSPS) is 11.3. The lowest BCUT2D eigenvalue weighted by atomic mass is 10.1. The highest BCUT2D eigenvalue weighted by molar-refractivity contribution is 5.95. The number of hydrogen-bond donors (Lipinski definition) is 2. The molecule has 0 saturated carbocycles. The molecule has 0 aliphatic heterocycles. The Labute approximate surface area is 199 Å². The maximum Gasteiger partial charge on any atom is 0.303 e. The third-order valence-corrected chi connectivity index (χ3v) is 5.44.